The van der Waals surface area contributed by atoms with Gasteiger partial charge in [-0.15, -0.1) is 11.3 Å². The minimum absolute atomic E-state index is 0.631. The first kappa shape index (κ1) is 12.1. The van der Waals surface area contributed by atoms with Gasteiger partial charge < -0.3 is 10.1 Å². The maximum atomic E-state index is 5.83. The number of ether oxygens (including phenoxy) is 1. The fraction of sp³-hybridized carbons (Fsp3) is 0.231. The average molecular weight is 274 g/mol. The molecular weight excluding hydrogens is 260 g/mol. The Morgan fingerprint density at radius 2 is 2.32 bits per heavy atom. The highest BCUT2D eigenvalue weighted by Crippen LogP contribution is 2.27. The van der Waals surface area contributed by atoms with E-state index in [4.69, 9.17) is 4.74 Å². The van der Waals surface area contributed by atoms with E-state index < -0.39 is 0 Å². The second-order valence-corrected chi connectivity index (χ2v) is 5.06. The summed E-state index contributed by atoms with van der Waals surface area (Å²) in [5.41, 5.74) is 1.98. The predicted octanol–water partition coefficient (Wildman–Crippen LogP) is 2.61. The molecular formula is C13H14N4OS. The lowest BCUT2D eigenvalue weighted by Crippen LogP contribution is -2.08. The zero-order valence-corrected chi connectivity index (χ0v) is 11.6. The molecule has 98 valence electrons. The van der Waals surface area contributed by atoms with E-state index in [1.54, 1.807) is 17.5 Å². The Morgan fingerprint density at radius 1 is 1.42 bits per heavy atom. The van der Waals surface area contributed by atoms with E-state index in [0.717, 1.165) is 16.3 Å². The van der Waals surface area contributed by atoms with Gasteiger partial charge in [0.05, 0.1) is 6.20 Å². The van der Waals surface area contributed by atoms with E-state index in [1.165, 1.54) is 0 Å². The molecule has 6 heteroatoms. The van der Waals surface area contributed by atoms with Crippen LogP contribution >= 0.6 is 11.3 Å². The Kier molecular flexibility index (Phi) is 3.18. The van der Waals surface area contributed by atoms with Crippen molar-refractivity contribution in [1.29, 1.82) is 0 Å². The fourth-order valence-corrected chi connectivity index (χ4v) is 2.57. The lowest BCUT2D eigenvalue weighted by Gasteiger charge is -2.05. The highest BCUT2D eigenvalue weighted by atomic mass is 32.1. The van der Waals surface area contributed by atoms with Gasteiger partial charge in [-0.05, 0) is 26.1 Å². The lowest BCUT2D eigenvalue weighted by atomic mass is 10.4. The summed E-state index contributed by atoms with van der Waals surface area (Å²) in [6.07, 6.45) is 3.71. The first-order chi connectivity index (χ1) is 9.28. The number of hydrogen-bond acceptors (Lipinski definition) is 5. The van der Waals surface area contributed by atoms with Crippen molar-refractivity contribution in [2.75, 3.05) is 7.05 Å². The number of imidazole rings is 1. The molecule has 0 saturated heterocycles. The van der Waals surface area contributed by atoms with E-state index in [-0.39, 0.29) is 0 Å². The summed E-state index contributed by atoms with van der Waals surface area (Å²) in [5, 5.41) is 5.15. The zero-order chi connectivity index (χ0) is 13.2. The number of nitrogens with zero attached hydrogens (tertiary/aromatic N) is 3. The molecule has 3 heterocycles. The van der Waals surface area contributed by atoms with E-state index in [0.29, 0.717) is 18.2 Å². The van der Waals surface area contributed by atoms with Gasteiger partial charge in [-0.1, -0.05) is 0 Å². The van der Waals surface area contributed by atoms with Crippen LogP contribution in [0.2, 0.25) is 0 Å². The molecule has 0 unspecified atom stereocenters. The zero-order valence-electron chi connectivity index (χ0n) is 10.8. The molecule has 0 bridgehead atoms. The molecule has 1 N–H and O–H groups in total. The van der Waals surface area contributed by atoms with Gasteiger partial charge >= 0.3 is 0 Å². The third-order valence-corrected chi connectivity index (χ3v) is 3.52. The predicted molar refractivity (Wildman–Crippen MR) is 74.9 cm³/mol. The van der Waals surface area contributed by atoms with Crippen LogP contribution in [0.15, 0.2) is 29.9 Å². The van der Waals surface area contributed by atoms with Crippen LogP contribution in [0, 0.1) is 6.92 Å². The maximum Gasteiger partial charge on any atom is 0.243 e. The van der Waals surface area contributed by atoms with E-state index in [9.17, 15) is 0 Å². The van der Waals surface area contributed by atoms with Crippen LogP contribution in [-0.4, -0.2) is 21.4 Å². The topological polar surface area (TPSA) is 51.5 Å². The number of thiazole rings is 1. The Labute approximate surface area is 114 Å². The molecule has 19 heavy (non-hydrogen) atoms. The largest absolute Gasteiger partial charge is 0.436 e. The molecule has 0 aliphatic heterocycles. The molecule has 0 aliphatic rings. The van der Waals surface area contributed by atoms with Crippen LogP contribution in [0.4, 0.5) is 0 Å². The quantitative estimate of drug-likeness (QED) is 0.794. The third-order valence-electron chi connectivity index (χ3n) is 2.77. The van der Waals surface area contributed by atoms with Gasteiger partial charge in [0.2, 0.25) is 5.88 Å². The Hall–Kier alpha value is -1.92. The molecule has 0 spiro atoms. The van der Waals surface area contributed by atoms with Gasteiger partial charge in [0.1, 0.15) is 11.4 Å². The van der Waals surface area contributed by atoms with Crippen LogP contribution in [0.25, 0.3) is 4.96 Å². The van der Waals surface area contributed by atoms with Gasteiger partial charge in [-0.25, -0.2) is 0 Å². The highest BCUT2D eigenvalue weighted by molar-refractivity contribution is 7.15. The van der Waals surface area contributed by atoms with E-state index in [2.05, 4.69) is 15.3 Å². The summed E-state index contributed by atoms with van der Waals surface area (Å²) in [5.74, 6) is 1.33. The van der Waals surface area contributed by atoms with Crippen molar-refractivity contribution in [2.24, 2.45) is 0 Å². The summed E-state index contributed by atoms with van der Waals surface area (Å²) in [4.78, 5) is 9.65. The molecule has 3 aromatic rings. The molecule has 3 rings (SSSR count). The van der Waals surface area contributed by atoms with Crippen LogP contribution in [0.5, 0.6) is 11.6 Å². The maximum absolute atomic E-state index is 5.83. The second-order valence-electron chi connectivity index (χ2n) is 4.19. The van der Waals surface area contributed by atoms with Gasteiger partial charge in [0.15, 0.2) is 4.96 Å². The molecule has 0 aromatic carbocycles. The van der Waals surface area contributed by atoms with Crippen LogP contribution in [-0.2, 0) is 6.54 Å². The second kappa shape index (κ2) is 4.99. The Balaban J connectivity index is 1.97. The van der Waals surface area contributed by atoms with Crippen molar-refractivity contribution in [3.05, 3.63) is 41.3 Å². The lowest BCUT2D eigenvalue weighted by molar-refractivity contribution is 0.455. The summed E-state index contributed by atoms with van der Waals surface area (Å²) in [6, 6.07) is 3.82. The normalized spacial score (nSPS) is 11.1. The molecule has 0 atom stereocenters. The SMILES string of the molecule is CNCc1c(Oc2ccc(C)nc2)nc2sccn12. The van der Waals surface area contributed by atoms with Gasteiger partial charge in [-0.3, -0.25) is 9.38 Å². The van der Waals surface area contributed by atoms with Crippen molar-refractivity contribution < 1.29 is 4.74 Å². The standard InChI is InChI=1S/C13H14N4OS/c1-9-3-4-10(7-15-9)18-12-11(8-14-2)17-5-6-19-13(17)16-12/h3-7,14H,8H2,1-2H3. The average Bonchev–Trinajstić information content (AvgIpc) is 2.96. The number of pyridine rings is 1. The monoisotopic (exact) mass is 274 g/mol. The molecule has 0 radical (unpaired) electrons. The van der Waals surface area contributed by atoms with Crippen molar-refractivity contribution in [2.45, 2.75) is 13.5 Å². The number of aryl methyl sites for hydroxylation is 1. The fourth-order valence-electron chi connectivity index (χ4n) is 1.85. The molecule has 0 amide bonds. The minimum atomic E-state index is 0.631. The number of aromatic nitrogens is 3. The van der Waals surface area contributed by atoms with E-state index in [1.807, 2.05) is 42.1 Å². The van der Waals surface area contributed by atoms with Crippen molar-refractivity contribution in [3.63, 3.8) is 0 Å². The molecule has 0 aliphatic carbocycles. The van der Waals surface area contributed by atoms with Gasteiger partial charge in [0.25, 0.3) is 0 Å². The van der Waals surface area contributed by atoms with Crippen molar-refractivity contribution >= 4 is 16.3 Å². The number of fused-ring (bicyclic) bond motifs is 1. The van der Waals surface area contributed by atoms with Crippen LogP contribution in [0.1, 0.15) is 11.4 Å². The van der Waals surface area contributed by atoms with Crippen molar-refractivity contribution in [3.8, 4) is 11.6 Å². The van der Waals surface area contributed by atoms with Crippen molar-refractivity contribution in [1.82, 2.24) is 19.7 Å². The number of hydrogen-bond donors (Lipinski definition) is 1. The number of nitrogens with one attached hydrogen (secondary N) is 1. The molecule has 0 fully saturated rings. The summed E-state index contributed by atoms with van der Waals surface area (Å²) in [6.45, 7) is 2.65. The number of rotatable bonds is 4. The third kappa shape index (κ3) is 2.32. The van der Waals surface area contributed by atoms with E-state index >= 15 is 0 Å². The summed E-state index contributed by atoms with van der Waals surface area (Å²) < 4.78 is 7.87. The van der Waals surface area contributed by atoms with Gasteiger partial charge in [-0.2, -0.15) is 4.98 Å². The summed E-state index contributed by atoms with van der Waals surface area (Å²) >= 11 is 1.59. The summed E-state index contributed by atoms with van der Waals surface area (Å²) in [7, 11) is 1.91. The van der Waals surface area contributed by atoms with Crippen LogP contribution < -0.4 is 10.1 Å². The van der Waals surface area contributed by atoms with Gasteiger partial charge in [0, 0.05) is 23.8 Å². The Bertz CT molecular complexity index is 686. The molecule has 3 aromatic heterocycles. The Morgan fingerprint density at radius 3 is 3.05 bits per heavy atom. The molecule has 5 nitrogen and oxygen atoms in total. The first-order valence-electron chi connectivity index (χ1n) is 5.97. The smallest absolute Gasteiger partial charge is 0.243 e. The minimum Gasteiger partial charge on any atom is -0.436 e. The first-order valence-corrected chi connectivity index (χ1v) is 6.85. The highest BCUT2D eigenvalue weighted by Gasteiger charge is 2.14. The van der Waals surface area contributed by atoms with Crippen LogP contribution in [0.3, 0.4) is 0 Å². The molecule has 0 saturated carbocycles.